The van der Waals surface area contributed by atoms with E-state index in [1.54, 1.807) is 36.3 Å². The molecule has 2 saturated heterocycles. The maximum Gasteiger partial charge on any atom is 0.264 e. The molecule has 3 heterocycles. The average Bonchev–Trinajstić information content (AvgIpc) is 3.52. The second-order valence-electron chi connectivity index (χ2n) is 13.7. The smallest absolute Gasteiger partial charge is 0.264 e. The number of carbonyl (C=O) groups excluding carboxylic acids is 2. The van der Waals surface area contributed by atoms with Gasteiger partial charge in [0.25, 0.3) is 11.8 Å². The van der Waals surface area contributed by atoms with Crippen LogP contribution in [0.1, 0.15) is 24.5 Å². The van der Waals surface area contributed by atoms with Gasteiger partial charge in [-0.25, -0.2) is 0 Å². The summed E-state index contributed by atoms with van der Waals surface area (Å²) in [4.78, 5) is 29.3. The van der Waals surface area contributed by atoms with Gasteiger partial charge >= 0.3 is 0 Å². The first-order valence-electron chi connectivity index (χ1n) is 16.5. The van der Waals surface area contributed by atoms with Gasteiger partial charge in [-0.05, 0) is 47.9 Å². The Kier molecular flexibility index (Phi) is 9.74. The van der Waals surface area contributed by atoms with Crippen molar-refractivity contribution >= 4 is 36.4 Å². The van der Waals surface area contributed by atoms with Crippen LogP contribution in [0.2, 0.25) is 18.6 Å². The van der Waals surface area contributed by atoms with Crippen LogP contribution in [-0.2, 0) is 31.2 Å². The van der Waals surface area contributed by atoms with Crippen LogP contribution in [0.3, 0.4) is 0 Å². The Morgan fingerprint density at radius 1 is 0.959 bits per heavy atom. The van der Waals surface area contributed by atoms with Gasteiger partial charge in [-0.15, -0.1) is 0 Å². The number of para-hydroxylation sites is 1. The number of anilines is 2. The highest BCUT2D eigenvalue weighted by Gasteiger charge is 2.66. The van der Waals surface area contributed by atoms with Crippen LogP contribution in [0.15, 0.2) is 72.8 Å². The van der Waals surface area contributed by atoms with Gasteiger partial charge in [0.15, 0.2) is 18.0 Å². The van der Waals surface area contributed by atoms with Crippen molar-refractivity contribution in [3.63, 3.8) is 0 Å². The fraction of sp³-hybridized carbons (Fsp3) is 0.444. The number of hydrogen-bond donors (Lipinski definition) is 6. The molecule has 3 aromatic carbocycles. The molecule has 0 unspecified atom stereocenters. The van der Waals surface area contributed by atoms with Crippen molar-refractivity contribution in [3.05, 3.63) is 83.9 Å². The molecular formula is C36H44N2O10Si. The van der Waals surface area contributed by atoms with E-state index in [4.69, 9.17) is 14.2 Å². The van der Waals surface area contributed by atoms with E-state index in [9.17, 15) is 35.1 Å². The average molecular weight is 693 g/mol. The van der Waals surface area contributed by atoms with Crippen LogP contribution in [0.25, 0.3) is 0 Å². The Bertz CT molecular complexity index is 1670. The number of nitrogens with one attached hydrogen (secondary N) is 1. The van der Waals surface area contributed by atoms with E-state index in [0.29, 0.717) is 12.1 Å². The molecule has 2 fully saturated rings. The Hall–Kier alpha value is -3.66. The lowest BCUT2D eigenvalue weighted by Gasteiger charge is -2.37. The van der Waals surface area contributed by atoms with E-state index in [1.807, 2.05) is 36.4 Å². The lowest BCUT2D eigenvalue weighted by molar-refractivity contribution is -0.274. The summed E-state index contributed by atoms with van der Waals surface area (Å²) >= 11 is 0. The van der Waals surface area contributed by atoms with E-state index >= 15 is 0 Å². The molecule has 2 amide bonds. The predicted molar refractivity (Wildman–Crippen MR) is 183 cm³/mol. The minimum absolute atomic E-state index is 0.0186. The summed E-state index contributed by atoms with van der Waals surface area (Å²) in [6.07, 6.45) is -8.62. The highest BCUT2D eigenvalue weighted by molar-refractivity contribution is 6.91. The summed E-state index contributed by atoms with van der Waals surface area (Å²) < 4.78 is 17.3. The van der Waals surface area contributed by atoms with Crippen LogP contribution in [0, 0.1) is 5.92 Å². The van der Waals surface area contributed by atoms with Crippen LogP contribution in [-0.4, -0.2) is 95.9 Å². The predicted octanol–water partition coefficient (Wildman–Crippen LogP) is 1.58. The molecule has 3 aliphatic heterocycles. The normalized spacial score (nSPS) is 31.2. The molecule has 6 rings (SSSR count). The Balaban J connectivity index is 1.24. The van der Waals surface area contributed by atoms with Crippen molar-refractivity contribution in [2.75, 3.05) is 23.9 Å². The number of carbonyl (C=O) groups is 2. The summed E-state index contributed by atoms with van der Waals surface area (Å²) in [6, 6.07) is 22.6. The number of ether oxygens (including phenoxy) is 3. The van der Waals surface area contributed by atoms with Crippen molar-refractivity contribution in [2.24, 2.45) is 5.92 Å². The molecule has 49 heavy (non-hydrogen) atoms. The molecule has 0 aromatic heterocycles. The van der Waals surface area contributed by atoms with Crippen molar-refractivity contribution in [2.45, 2.75) is 80.9 Å². The number of rotatable bonds is 9. The standard InChI is InChI=1S/C36H44N2O10Si/c1-20-32(49(3,4)24-15-13-23(46-2)14-16-24)27(17-18-39)48-36(20)25-7-5-6-8-26(25)38(35(36)45)19-21-9-11-22(12-10-21)37-33(43)31-29(41)28(40)30(42)34(44)47-31/h5-16,20,27-32,34,39-42,44H,17-19H2,1-4H3,(H,37,43)/t20-,27+,28+,29+,30-,31+,32-,34-,36+/m1/s1. The van der Waals surface area contributed by atoms with Gasteiger partial charge in [-0.1, -0.05) is 67.7 Å². The van der Waals surface area contributed by atoms with Crippen LogP contribution >= 0.6 is 0 Å². The van der Waals surface area contributed by atoms with Crippen molar-refractivity contribution < 1.29 is 49.3 Å². The molecule has 0 bridgehead atoms. The number of aliphatic hydroxyl groups is 5. The minimum Gasteiger partial charge on any atom is -0.497 e. The van der Waals surface area contributed by atoms with Gasteiger partial charge in [-0.2, -0.15) is 0 Å². The molecule has 0 saturated carbocycles. The monoisotopic (exact) mass is 692 g/mol. The summed E-state index contributed by atoms with van der Waals surface area (Å²) in [5.74, 6) is -0.391. The third-order valence-electron chi connectivity index (χ3n) is 10.6. The zero-order valence-corrected chi connectivity index (χ0v) is 28.9. The number of hydrogen-bond acceptors (Lipinski definition) is 10. The van der Waals surface area contributed by atoms with Crippen molar-refractivity contribution in [1.29, 1.82) is 0 Å². The molecule has 9 atom stereocenters. The lowest BCUT2D eigenvalue weighted by atomic mass is 9.82. The Morgan fingerprint density at radius 2 is 1.63 bits per heavy atom. The molecule has 6 N–H and O–H groups in total. The van der Waals surface area contributed by atoms with Gasteiger partial charge in [0.05, 0.1) is 33.5 Å². The summed E-state index contributed by atoms with van der Waals surface area (Å²) in [5, 5.41) is 53.6. The lowest BCUT2D eigenvalue weighted by Crippen LogP contribution is -2.60. The number of methoxy groups -OCH3 is 1. The highest BCUT2D eigenvalue weighted by Crippen LogP contribution is 2.60. The van der Waals surface area contributed by atoms with Gasteiger partial charge in [0.2, 0.25) is 0 Å². The van der Waals surface area contributed by atoms with E-state index in [-0.39, 0.29) is 36.6 Å². The quantitative estimate of drug-likeness (QED) is 0.181. The third-order valence-corrected chi connectivity index (χ3v) is 14.9. The Morgan fingerprint density at radius 3 is 2.29 bits per heavy atom. The first kappa shape index (κ1) is 35.2. The fourth-order valence-electron chi connectivity index (χ4n) is 7.99. The van der Waals surface area contributed by atoms with E-state index in [1.165, 1.54) is 5.19 Å². The van der Waals surface area contributed by atoms with Gasteiger partial charge in [0, 0.05) is 23.8 Å². The fourth-order valence-corrected chi connectivity index (χ4v) is 12.0. The van der Waals surface area contributed by atoms with Crippen LogP contribution < -0.4 is 20.1 Å². The zero-order valence-electron chi connectivity index (χ0n) is 27.9. The van der Waals surface area contributed by atoms with E-state index < -0.39 is 50.3 Å². The molecule has 3 aliphatic rings. The van der Waals surface area contributed by atoms with Gasteiger partial charge in [-0.3, -0.25) is 9.59 Å². The number of nitrogens with zero attached hydrogens (tertiary/aromatic N) is 1. The van der Waals surface area contributed by atoms with Gasteiger partial charge < -0.3 is 50.0 Å². The van der Waals surface area contributed by atoms with E-state index in [0.717, 1.165) is 22.6 Å². The first-order valence-corrected chi connectivity index (χ1v) is 19.5. The molecule has 3 aromatic rings. The molecule has 0 radical (unpaired) electrons. The number of aliphatic hydroxyl groups excluding tert-OH is 5. The van der Waals surface area contributed by atoms with Crippen molar-refractivity contribution in [1.82, 2.24) is 0 Å². The summed E-state index contributed by atoms with van der Waals surface area (Å²) in [6.45, 7) is 6.86. The van der Waals surface area contributed by atoms with Crippen molar-refractivity contribution in [3.8, 4) is 5.75 Å². The maximum absolute atomic E-state index is 14.7. The van der Waals surface area contributed by atoms with Crippen LogP contribution in [0.5, 0.6) is 5.75 Å². The summed E-state index contributed by atoms with van der Waals surface area (Å²) in [7, 11) is -0.658. The molecular weight excluding hydrogens is 648 g/mol. The maximum atomic E-state index is 14.7. The molecule has 262 valence electrons. The zero-order chi connectivity index (χ0) is 35.2. The minimum atomic E-state index is -2.30. The summed E-state index contributed by atoms with van der Waals surface area (Å²) in [5.41, 5.74) is 1.49. The van der Waals surface area contributed by atoms with Gasteiger partial charge in [0.1, 0.15) is 24.1 Å². The topological polar surface area (TPSA) is 178 Å². The van der Waals surface area contributed by atoms with Crippen LogP contribution in [0.4, 0.5) is 11.4 Å². The molecule has 13 heteroatoms. The second-order valence-corrected chi connectivity index (χ2v) is 18.4. The number of amides is 2. The molecule has 1 spiro atoms. The largest absolute Gasteiger partial charge is 0.497 e. The third kappa shape index (κ3) is 5.97. The molecule has 12 nitrogen and oxygen atoms in total. The highest BCUT2D eigenvalue weighted by atomic mass is 28.3. The first-order chi connectivity index (χ1) is 23.3. The number of fused-ring (bicyclic) bond motifs is 2. The SMILES string of the molecule is COc1ccc([Si](C)(C)[C@H]2[C@H](CCO)O[C@@]3(C(=O)N(Cc4ccc(NC(=O)[C@H]5O[C@@H](O)[C@H](O)[C@@H](O)[C@@H]5O)cc4)c4ccccc43)[C@@H]2C)cc1. The Labute approximate surface area is 285 Å². The van der Waals surface area contributed by atoms with E-state index in [2.05, 4.69) is 37.5 Å². The molecule has 0 aliphatic carbocycles. The number of benzene rings is 3. The second kappa shape index (κ2) is 13.6.